The van der Waals surface area contributed by atoms with Gasteiger partial charge >= 0.3 is 0 Å². The first-order chi connectivity index (χ1) is 13.1. The molecule has 1 aromatic carbocycles. The molecule has 1 aromatic heterocycles. The molecule has 7 heteroatoms. The highest BCUT2D eigenvalue weighted by Gasteiger charge is 2.24. The summed E-state index contributed by atoms with van der Waals surface area (Å²) in [6.07, 6.45) is 7.82. The van der Waals surface area contributed by atoms with Gasteiger partial charge in [0.2, 0.25) is 5.91 Å². The number of carbonyl (C=O) groups excluding carboxylic acids is 2. The normalized spacial score (nSPS) is 14.4. The first-order valence-corrected chi connectivity index (χ1v) is 9.03. The van der Waals surface area contributed by atoms with E-state index in [4.69, 9.17) is 4.74 Å². The quantitative estimate of drug-likeness (QED) is 0.824. The average molecular weight is 368 g/mol. The van der Waals surface area contributed by atoms with Crippen molar-refractivity contribution in [2.24, 2.45) is 7.05 Å². The number of likely N-dealkylation sites (tertiary alicyclic amines) is 1. The van der Waals surface area contributed by atoms with Crippen LogP contribution in [-0.2, 0) is 11.8 Å². The Hall–Kier alpha value is -3.09. The Morgan fingerprint density at radius 1 is 1.15 bits per heavy atom. The van der Waals surface area contributed by atoms with Crippen molar-refractivity contribution in [3.63, 3.8) is 0 Å². The van der Waals surface area contributed by atoms with Crippen LogP contribution in [0.5, 0.6) is 5.75 Å². The van der Waals surface area contributed by atoms with Crippen LogP contribution < -0.4 is 10.1 Å². The van der Waals surface area contributed by atoms with E-state index in [0.717, 1.165) is 43.7 Å². The number of piperidine rings is 1. The highest BCUT2D eigenvalue weighted by molar-refractivity contribution is 6.06. The minimum Gasteiger partial charge on any atom is -0.497 e. The molecule has 2 amide bonds. The first kappa shape index (κ1) is 18.7. The maximum absolute atomic E-state index is 12.8. The van der Waals surface area contributed by atoms with E-state index < -0.39 is 0 Å². The number of aromatic nitrogens is 2. The Labute approximate surface area is 158 Å². The number of nitrogens with zero attached hydrogens (tertiary/aromatic N) is 3. The fourth-order valence-electron chi connectivity index (χ4n) is 3.09. The SMILES string of the molecule is COc1ccc(/C=C/C(=O)Nc2cnn(C)c2C(=O)N2CCCCC2)cc1. The Balaban J connectivity index is 1.68. The number of methoxy groups -OCH3 is 1. The largest absolute Gasteiger partial charge is 0.497 e. The monoisotopic (exact) mass is 368 g/mol. The van der Waals surface area contributed by atoms with Gasteiger partial charge in [0.1, 0.15) is 11.4 Å². The van der Waals surface area contributed by atoms with Crippen LogP contribution in [0.3, 0.4) is 0 Å². The zero-order valence-electron chi connectivity index (χ0n) is 15.6. The first-order valence-electron chi connectivity index (χ1n) is 9.03. The minimum atomic E-state index is -0.313. The van der Waals surface area contributed by atoms with Gasteiger partial charge < -0.3 is 15.0 Å². The summed E-state index contributed by atoms with van der Waals surface area (Å²) in [5.74, 6) is 0.350. The fourth-order valence-corrected chi connectivity index (χ4v) is 3.09. The highest BCUT2D eigenvalue weighted by atomic mass is 16.5. The Kier molecular flexibility index (Phi) is 5.90. The standard InChI is InChI=1S/C20H24N4O3/c1-23-19(20(26)24-12-4-3-5-13-24)17(14-21-23)22-18(25)11-8-15-6-9-16(27-2)10-7-15/h6-11,14H,3-5,12-13H2,1-2H3,(H,22,25)/b11-8+. The molecule has 0 spiro atoms. The third-order valence-electron chi connectivity index (χ3n) is 4.59. The van der Waals surface area contributed by atoms with E-state index in [9.17, 15) is 9.59 Å². The predicted molar refractivity (Wildman–Crippen MR) is 104 cm³/mol. The van der Waals surface area contributed by atoms with Crippen molar-refractivity contribution in [3.8, 4) is 5.75 Å². The molecule has 2 aromatic rings. The zero-order chi connectivity index (χ0) is 19.2. The predicted octanol–water partition coefficient (Wildman–Crippen LogP) is 2.71. The van der Waals surface area contributed by atoms with Gasteiger partial charge in [0.25, 0.3) is 5.91 Å². The second kappa shape index (κ2) is 8.53. The summed E-state index contributed by atoms with van der Waals surface area (Å²) in [4.78, 5) is 26.9. The number of anilines is 1. The molecular formula is C20H24N4O3. The second-order valence-corrected chi connectivity index (χ2v) is 6.48. The van der Waals surface area contributed by atoms with Gasteiger partial charge in [-0.05, 0) is 43.0 Å². The Bertz CT molecular complexity index is 833. The number of aryl methyl sites for hydroxylation is 1. The highest BCUT2D eigenvalue weighted by Crippen LogP contribution is 2.20. The molecule has 0 radical (unpaired) electrons. The van der Waals surface area contributed by atoms with Gasteiger partial charge in [-0.3, -0.25) is 14.3 Å². The summed E-state index contributed by atoms with van der Waals surface area (Å²) in [5.41, 5.74) is 1.71. The summed E-state index contributed by atoms with van der Waals surface area (Å²) in [6.45, 7) is 1.49. The van der Waals surface area contributed by atoms with E-state index in [-0.39, 0.29) is 11.8 Å². The molecule has 1 aliphatic rings. The molecule has 142 valence electrons. The molecule has 0 atom stereocenters. The summed E-state index contributed by atoms with van der Waals surface area (Å²) >= 11 is 0. The number of ether oxygens (including phenoxy) is 1. The molecule has 0 unspecified atom stereocenters. The van der Waals surface area contributed by atoms with Crippen molar-refractivity contribution in [3.05, 3.63) is 47.8 Å². The lowest BCUT2D eigenvalue weighted by Gasteiger charge is -2.26. The van der Waals surface area contributed by atoms with Crippen LogP contribution in [-0.4, -0.2) is 46.7 Å². The van der Waals surface area contributed by atoms with Crippen molar-refractivity contribution in [2.75, 3.05) is 25.5 Å². The topological polar surface area (TPSA) is 76.5 Å². The maximum atomic E-state index is 12.8. The Morgan fingerprint density at radius 3 is 2.52 bits per heavy atom. The number of carbonyl (C=O) groups is 2. The number of hydrogen-bond acceptors (Lipinski definition) is 4. The summed E-state index contributed by atoms with van der Waals surface area (Å²) in [5, 5.41) is 6.90. The van der Waals surface area contributed by atoms with Gasteiger partial charge in [-0.2, -0.15) is 5.10 Å². The van der Waals surface area contributed by atoms with Crippen LogP contribution in [0.1, 0.15) is 35.3 Å². The lowest BCUT2D eigenvalue weighted by Crippen LogP contribution is -2.37. The van der Waals surface area contributed by atoms with E-state index in [0.29, 0.717) is 11.4 Å². The van der Waals surface area contributed by atoms with Gasteiger partial charge in [-0.1, -0.05) is 12.1 Å². The van der Waals surface area contributed by atoms with Gasteiger partial charge in [0.05, 0.1) is 19.0 Å². The van der Waals surface area contributed by atoms with E-state index in [1.807, 2.05) is 29.2 Å². The van der Waals surface area contributed by atoms with E-state index >= 15 is 0 Å². The smallest absolute Gasteiger partial charge is 0.274 e. The fraction of sp³-hybridized carbons (Fsp3) is 0.350. The van der Waals surface area contributed by atoms with E-state index in [1.54, 1.807) is 20.2 Å². The molecule has 27 heavy (non-hydrogen) atoms. The molecule has 3 rings (SSSR count). The van der Waals surface area contributed by atoms with Crippen LogP contribution in [0.15, 0.2) is 36.5 Å². The molecule has 1 saturated heterocycles. The average Bonchev–Trinajstić information content (AvgIpc) is 3.06. The van der Waals surface area contributed by atoms with Crippen LogP contribution in [0, 0.1) is 0 Å². The van der Waals surface area contributed by atoms with Gasteiger partial charge in [0, 0.05) is 26.2 Å². The Morgan fingerprint density at radius 2 is 1.85 bits per heavy atom. The lowest BCUT2D eigenvalue weighted by molar-refractivity contribution is -0.111. The van der Waals surface area contributed by atoms with Gasteiger partial charge in [-0.25, -0.2) is 0 Å². The molecule has 1 fully saturated rings. The summed E-state index contributed by atoms with van der Waals surface area (Å²) in [6, 6.07) is 7.37. The maximum Gasteiger partial charge on any atom is 0.274 e. The second-order valence-electron chi connectivity index (χ2n) is 6.48. The van der Waals surface area contributed by atoms with Crippen molar-refractivity contribution in [2.45, 2.75) is 19.3 Å². The third-order valence-corrected chi connectivity index (χ3v) is 4.59. The molecule has 2 heterocycles. The molecular weight excluding hydrogens is 344 g/mol. The van der Waals surface area contributed by atoms with Crippen molar-refractivity contribution in [1.82, 2.24) is 14.7 Å². The molecule has 0 bridgehead atoms. The van der Waals surface area contributed by atoms with Crippen LogP contribution >= 0.6 is 0 Å². The van der Waals surface area contributed by atoms with Gasteiger partial charge in [0.15, 0.2) is 0 Å². The minimum absolute atomic E-state index is 0.0934. The van der Waals surface area contributed by atoms with Crippen molar-refractivity contribution in [1.29, 1.82) is 0 Å². The third kappa shape index (κ3) is 4.55. The van der Waals surface area contributed by atoms with Crippen molar-refractivity contribution >= 4 is 23.6 Å². The van der Waals surface area contributed by atoms with E-state index in [2.05, 4.69) is 10.4 Å². The number of benzene rings is 1. The van der Waals surface area contributed by atoms with Crippen molar-refractivity contribution < 1.29 is 14.3 Å². The number of hydrogen-bond donors (Lipinski definition) is 1. The molecule has 1 aliphatic heterocycles. The van der Waals surface area contributed by atoms with Crippen LogP contribution in [0.25, 0.3) is 6.08 Å². The number of nitrogens with one attached hydrogen (secondary N) is 1. The van der Waals surface area contributed by atoms with Crippen LogP contribution in [0.2, 0.25) is 0 Å². The molecule has 7 nitrogen and oxygen atoms in total. The zero-order valence-corrected chi connectivity index (χ0v) is 15.6. The van der Waals surface area contributed by atoms with Gasteiger partial charge in [-0.15, -0.1) is 0 Å². The number of amides is 2. The van der Waals surface area contributed by atoms with Crippen LogP contribution in [0.4, 0.5) is 5.69 Å². The molecule has 0 aliphatic carbocycles. The summed E-state index contributed by atoms with van der Waals surface area (Å²) in [7, 11) is 3.31. The lowest BCUT2D eigenvalue weighted by atomic mass is 10.1. The number of rotatable bonds is 5. The summed E-state index contributed by atoms with van der Waals surface area (Å²) < 4.78 is 6.63. The van der Waals surface area contributed by atoms with E-state index in [1.165, 1.54) is 17.0 Å². The molecule has 1 N–H and O–H groups in total. The molecule has 0 saturated carbocycles.